The summed E-state index contributed by atoms with van der Waals surface area (Å²) in [6.07, 6.45) is 3.75. The standard InChI is InChI=1S/C13H16OS/c1-9-4-3-5-11-8-12(15-10(2)14)6-7-13(9)11/h6-9H,3-5H2,1-2H3/t9-/m1/s1. The zero-order valence-electron chi connectivity index (χ0n) is 9.25. The van der Waals surface area contributed by atoms with Gasteiger partial charge in [0.25, 0.3) is 0 Å². The first-order chi connectivity index (χ1) is 7.16. The maximum Gasteiger partial charge on any atom is 0.190 e. The van der Waals surface area contributed by atoms with E-state index in [1.807, 2.05) is 0 Å². The van der Waals surface area contributed by atoms with Crippen molar-refractivity contribution in [2.45, 2.75) is 43.9 Å². The van der Waals surface area contributed by atoms with Gasteiger partial charge in [0.05, 0.1) is 0 Å². The van der Waals surface area contributed by atoms with Gasteiger partial charge >= 0.3 is 0 Å². The van der Waals surface area contributed by atoms with Gasteiger partial charge in [0.1, 0.15) is 0 Å². The van der Waals surface area contributed by atoms with Crippen molar-refractivity contribution in [2.75, 3.05) is 0 Å². The first kappa shape index (κ1) is 10.7. The molecule has 0 saturated heterocycles. The van der Waals surface area contributed by atoms with E-state index in [4.69, 9.17) is 0 Å². The van der Waals surface area contributed by atoms with Gasteiger partial charge in [-0.25, -0.2) is 0 Å². The van der Waals surface area contributed by atoms with Crippen LogP contribution in [0.25, 0.3) is 0 Å². The number of carbonyl (C=O) groups is 1. The van der Waals surface area contributed by atoms with Crippen LogP contribution < -0.4 is 0 Å². The smallest absolute Gasteiger partial charge is 0.190 e. The Morgan fingerprint density at radius 3 is 3.00 bits per heavy atom. The van der Waals surface area contributed by atoms with E-state index in [0.717, 1.165) is 4.90 Å². The van der Waals surface area contributed by atoms with E-state index in [2.05, 4.69) is 25.1 Å². The lowest BCUT2D eigenvalue weighted by Crippen LogP contribution is -2.06. The number of benzene rings is 1. The molecule has 0 bridgehead atoms. The van der Waals surface area contributed by atoms with E-state index >= 15 is 0 Å². The van der Waals surface area contributed by atoms with Crippen molar-refractivity contribution in [3.63, 3.8) is 0 Å². The zero-order valence-corrected chi connectivity index (χ0v) is 10.1. The summed E-state index contributed by atoms with van der Waals surface area (Å²) >= 11 is 1.33. The number of hydrogen-bond acceptors (Lipinski definition) is 2. The fourth-order valence-electron chi connectivity index (χ4n) is 2.26. The second kappa shape index (κ2) is 4.40. The molecule has 15 heavy (non-hydrogen) atoms. The highest BCUT2D eigenvalue weighted by molar-refractivity contribution is 8.13. The van der Waals surface area contributed by atoms with Crippen molar-refractivity contribution in [1.29, 1.82) is 0 Å². The second-order valence-corrected chi connectivity index (χ2v) is 5.50. The molecular weight excluding hydrogens is 204 g/mol. The Kier molecular flexibility index (Phi) is 3.15. The molecule has 1 atom stereocenters. The van der Waals surface area contributed by atoms with Gasteiger partial charge < -0.3 is 0 Å². The van der Waals surface area contributed by atoms with Crippen molar-refractivity contribution in [3.05, 3.63) is 29.3 Å². The Labute approximate surface area is 95.3 Å². The summed E-state index contributed by atoms with van der Waals surface area (Å²) in [4.78, 5) is 12.1. The third-order valence-electron chi connectivity index (χ3n) is 2.99. The second-order valence-electron chi connectivity index (χ2n) is 4.25. The van der Waals surface area contributed by atoms with Crippen molar-refractivity contribution in [2.24, 2.45) is 0 Å². The maximum atomic E-state index is 11.0. The zero-order chi connectivity index (χ0) is 10.8. The third kappa shape index (κ3) is 2.43. The molecule has 0 spiro atoms. The maximum absolute atomic E-state index is 11.0. The molecule has 1 aromatic carbocycles. The van der Waals surface area contributed by atoms with Crippen molar-refractivity contribution in [3.8, 4) is 0 Å². The van der Waals surface area contributed by atoms with E-state index < -0.39 is 0 Å². The van der Waals surface area contributed by atoms with Crippen LogP contribution in [0.4, 0.5) is 0 Å². The van der Waals surface area contributed by atoms with Crippen LogP contribution in [-0.2, 0) is 11.2 Å². The third-order valence-corrected chi connectivity index (χ3v) is 3.77. The summed E-state index contributed by atoms with van der Waals surface area (Å²) < 4.78 is 0. The highest BCUT2D eigenvalue weighted by atomic mass is 32.2. The minimum absolute atomic E-state index is 0.166. The lowest BCUT2D eigenvalue weighted by atomic mass is 9.84. The van der Waals surface area contributed by atoms with Crippen LogP contribution in [0.2, 0.25) is 0 Å². The number of rotatable bonds is 1. The monoisotopic (exact) mass is 220 g/mol. The molecule has 0 fully saturated rings. The first-order valence-corrected chi connectivity index (χ1v) is 6.29. The molecule has 2 rings (SSSR count). The number of carbonyl (C=O) groups excluding carboxylic acids is 1. The molecule has 1 aliphatic carbocycles. The van der Waals surface area contributed by atoms with Crippen molar-refractivity contribution < 1.29 is 4.79 Å². The van der Waals surface area contributed by atoms with Gasteiger partial charge in [-0.3, -0.25) is 4.79 Å². The Bertz CT molecular complexity index is 384. The topological polar surface area (TPSA) is 17.1 Å². The highest BCUT2D eigenvalue weighted by Gasteiger charge is 2.16. The molecule has 0 saturated carbocycles. The number of hydrogen-bond donors (Lipinski definition) is 0. The quantitative estimate of drug-likeness (QED) is 0.670. The predicted molar refractivity (Wildman–Crippen MR) is 64.3 cm³/mol. The molecule has 0 N–H and O–H groups in total. The molecule has 2 heteroatoms. The minimum Gasteiger partial charge on any atom is -0.287 e. The van der Waals surface area contributed by atoms with Crippen molar-refractivity contribution >= 4 is 16.9 Å². The first-order valence-electron chi connectivity index (χ1n) is 5.48. The van der Waals surface area contributed by atoms with Crippen LogP contribution in [-0.4, -0.2) is 5.12 Å². The fourth-order valence-corrected chi connectivity index (χ4v) is 2.93. The van der Waals surface area contributed by atoms with Gasteiger partial charge in [-0.2, -0.15) is 0 Å². The molecule has 1 nitrogen and oxygen atoms in total. The van der Waals surface area contributed by atoms with E-state index in [0.29, 0.717) is 5.92 Å². The van der Waals surface area contributed by atoms with Gasteiger partial charge in [-0.15, -0.1) is 0 Å². The summed E-state index contributed by atoms with van der Waals surface area (Å²) in [5, 5.41) is 0.166. The van der Waals surface area contributed by atoms with E-state index in [1.54, 1.807) is 6.92 Å². The summed E-state index contributed by atoms with van der Waals surface area (Å²) in [6.45, 7) is 3.91. The van der Waals surface area contributed by atoms with Gasteiger partial charge in [-0.1, -0.05) is 24.8 Å². The molecular formula is C13H16OS. The van der Waals surface area contributed by atoms with Gasteiger partial charge in [0.15, 0.2) is 5.12 Å². The molecule has 80 valence electrons. The molecule has 0 aromatic heterocycles. The average Bonchev–Trinajstić information content (AvgIpc) is 2.17. The van der Waals surface area contributed by atoms with Crippen LogP contribution in [0.15, 0.2) is 23.1 Å². The largest absolute Gasteiger partial charge is 0.287 e. The van der Waals surface area contributed by atoms with Gasteiger partial charge in [0, 0.05) is 11.8 Å². The van der Waals surface area contributed by atoms with Crippen LogP contribution in [0.5, 0.6) is 0 Å². The molecule has 0 amide bonds. The summed E-state index contributed by atoms with van der Waals surface area (Å²) in [5.74, 6) is 0.685. The molecule has 0 unspecified atom stereocenters. The van der Waals surface area contributed by atoms with Crippen molar-refractivity contribution in [1.82, 2.24) is 0 Å². The molecule has 0 heterocycles. The summed E-state index contributed by atoms with van der Waals surface area (Å²) in [5.41, 5.74) is 2.93. The van der Waals surface area contributed by atoms with E-state index in [-0.39, 0.29) is 5.12 Å². The Morgan fingerprint density at radius 2 is 2.27 bits per heavy atom. The van der Waals surface area contributed by atoms with E-state index in [9.17, 15) is 4.79 Å². The summed E-state index contributed by atoms with van der Waals surface area (Å²) in [6, 6.07) is 6.47. The van der Waals surface area contributed by atoms with Crippen LogP contribution >= 0.6 is 11.8 Å². The van der Waals surface area contributed by atoms with Gasteiger partial charge in [-0.05, 0) is 48.4 Å². The highest BCUT2D eigenvalue weighted by Crippen LogP contribution is 2.33. The molecule has 1 aliphatic rings. The Morgan fingerprint density at radius 1 is 1.47 bits per heavy atom. The SMILES string of the molecule is CC(=O)Sc1ccc2c(c1)CCC[C@H]2C. The van der Waals surface area contributed by atoms with Crippen LogP contribution in [0.3, 0.4) is 0 Å². The average molecular weight is 220 g/mol. The van der Waals surface area contributed by atoms with Gasteiger partial charge in [0.2, 0.25) is 0 Å². The number of fused-ring (bicyclic) bond motifs is 1. The van der Waals surface area contributed by atoms with E-state index in [1.165, 1.54) is 42.2 Å². The molecule has 0 radical (unpaired) electrons. The normalized spacial score (nSPS) is 19.7. The molecule has 1 aromatic rings. The number of aryl methyl sites for hydroxylation is 1. The van der Waals surface area contributed by atoms with Crippen LogP contribution in [0, 0.1) is 0 Å². The Hall–Kier alpha value is -0.760. The molecule has 0 aliphatic heterocycles. The summed E-state index contributed by atoms with van der Waals surface area (Å²) in [7, 11) is 0. The number of thioether (sulfide) groups is 1. The minimum atomic E-state index is 0.166. The Balaban J connectivity index is 2.29. The fraction of sp³-hybridized carbons (Fsp3) is 0.462. The lowest BCUT2D eigenvalue weighted by Gasteiger charge is -2.22. The van der Waals surface area contributed by atoms with Crippen LogP contribution in [0.1, 0.15) is 43.7 Å². The predicted octanol–water partition coefficient (Wildman–Crippen LogP) is 3.77. The lowest BCUT2D eigenvalue weighted by molar-refractivity contribution is -0.109.